The van der Waals surface area contributed by atoms with Crippen LogP contribution in [0.2, 0.25) is 15.1 Å². The van der Waals surface area contributed by atoms with Gasteiger partial charge >= 0.3 is 0 Å². The lowest BCUT2D eigenvalue weighted by Crippen LogP contribution is -2.48. The van der Waals surface area contributed by atoms with E-state index in [0.717, 1.165) is 6.42 Å². The zero-order chi connectivity index (χ0) is 19.0. The molecule has 0 bridgehead atoms. The van der Waals surface area contributed by atoms with E-state index in [0.29, 0.717) is 51.8 Å². The van der Waals surface area contributed by atoms with Gasteiger partial charge in [-0.1, -0.05) is 34.8 Å². The van der Waals surface area contributed by atoms with Crippen LogP contribution in [0.15, 0.2) is 36.4 Å². The van der Waals surface area contributed by atoms with Crippen molar-refractivity contribution in [1.29, 1.82) is 0 Å². The third kappa shape index (κ3) is 3.39. The summed E-state index contributed by atoms with van der Waals surface area (Å²) in [6.45, 7) is 1.44. The molecule has 0 aromatic heterocycles. The molecule has 0 radical (unpaired) electrons. The number of anilines is 1. The second kappa shape index (κ2) is 7.49. The van der Waals surface area contributed by atoms with Gasteiger partial charge in [0.15, 0.2) is 0 Å². The quantitative estimate of drug-likeness (QED) is 0.710. The topological polar surface area (TPSA) is 48.0 Å². The van der Waals surface area contributed by atoms with E-state index < -0.39 is 5.79 Å². The minimum atomic E-state index is -1.42. The van der Waals surface area contributed by atoms with E-state index in [1.807, 2.05) is 0 Å². The highest BCUT2D eigenvalue weighted by Gasteiger charge is 2.54. The maximum Gasteiger partial charge on any atom is 0.292 e. The van der Waals surface area contributed by atoms with E-state index in [1.165, 1.54) is 0 Å². The maximum atomic E-state index is 13.1. The first kappa shape index (κ1) is 18.8. The van der Waals surface area contributed by atoms with Crippen LogP contribution in [-0.4, -0.2) is 32.3 Å². The van der Waals surface area contributed by atoms with Crippen LogP contribution >= 0.6 is 34.8 Å². The number of fused-ring (bicyclic) bond motifs is 2. The van der Waals surface area contributed by atoms with E-state index in [9.17, 15) is 4.79 Å². The number of amides is 1. The van der Waals surface area contributed by atoms with Crippen molar-refractivity contribution < 1.29 is 19.0 Å². The maximum absolute atomic E-state index is 13.1. The van der Waals surface area contributed by atoms with E-state index in [2.05, 4.69) is 0 Å². The Morgan fingerprint density at radius 2 is 1.74 bits per heavy atom. The fourth-order valence-electron chi connectivity index (χ4n) is 3.28. The van der Waals surface area contributed by atoms with Crippen LogP contribution in [0.4, 0.5) is 5.69 Å². The molecular weight excluding hydrogens is 413 g/mol. The lowest BCUT2D eigenvalue weighted by atomic mass is 10.1. The lowest BCUT2D eigenvalue weighted by molar-refractivity contribution is -0.256. The predicted molar refractivity (Wildman–Crippen MR) is 104 cm³/mol. The van der Waals surface area contributed by atoms with Crippen molar-refractivity contribution in [3.63, 3.8) is 0 Å². The van der Waals surface area contributed by atoms with Crippen LogP contribution in [0.1, 0.15) is 12.0 Å². The fraction of sp³-hybridized carbons (Fsp3) is 0.316. The molecule has 1 saturated heterocycles. The molecule has 2 aliphatic rings. The monoisotopic (exact) mass is 427 g/mol. The molecular formula is C19H16Cl3NO4. The van der Waals surface area contributed by atoms with Crippen molar-refractivity contribution in [2.24, 2.45) is 0 Å². The molecule has 5 nitrogen and oxygen atoms in total. The Morgan fingerprint density at radius 3 is 2.48 bits per heavy atom. The molecule has 0 aliphatic carbocycles. The van der Waals surface area contributed by atoms with Gasteiger partial charge in [0.2, 0.25) is 0 Å². The number of rotatable bonds is 4. The highest BCUT2D eigenvalue weighted by atomic mass is 35.5. The lowest BCUT2D eigenvalue weighted by Gasteiger charge is -2.32. The molecule has 0 N–H and O–H groups in total. The molecule has 27 heavy (non-hydrogen) atoms. The molecule has 8 heteroatoms. The first-order chi connectivity index (χ1) is 13.0. The molecule has 2 heterocycles. The fourth-order valence-corrected chi connectivity index (χ4v) is 3.92. The summed E-state index contributed by atoms with van der Waals surface area (Å²) in [6.07, 6.45) is 0.739. The Labute approximate surface area is 171 Å². The van der Waals surface area contributed by atoms with E-state index >= 15 is 0 Å². The smallest absolute Gasteiger partial charge is 0.292 e. The van der Waals surface area contributed by atoms with Crippen molar-refractivity contribution in [1.82, 2.24) is 0 Å². The number of benzene rings is 2. The molecule has 1 amide bonds. The second-order valence-electron chi connectivity index (χ2n) is 6.21. The average Bonchev–Trinajstić information content (AvgIpc) is 2.86. The van der Waals surface area contributed by atoms with Crippen molar-refractivity contribution in [2.75, 3.05) is 31.3 Å². The molecule has 0 atom stereocenters. The van der Waals surface area contributed by atoms with Crippen molar-refractivity contribution >= 4 is 46.4 Å². The minimum Gasteiger partial charge on any atom is -0.490 e. The highest BCUT2D eigenvalue weighted by Crippen LogP contribution is 2.46. The van der Waals surface area contributed by atoms with Crippen LogP contribution in [0, 0.1) is 0 Å². The zero-order valence-corrected chi connectivity index (χ0v) is 16.5. The van der Waals surface area contributed by atoms with Crippen molar-refractivity contribution in [3.05, 3.63) is 57.0 Å². The van der Waals surface area contributed by atoms with Crippen LogP contribution in [0.5, 0.6) is 5.75 Å². The normalized spacial score (nSPS) is 18.0. The van der Waals surface area contributed by atoms with Gasteiger partial charge < -0.3 is 19.1 Å². The Hall–Kier alpha value is -1.50. The van der Waals surface area contributed by atoms with Crippen molar-refractivity contribution in [3.8, 4) is 5.75 Å². The van der Waals surface area contributed by atoms with Crippen LogP contribution in [0.25, 0.3) is 0 Å². The molecule has 2 aromatic carbocycles. The number of carbonyl (C=O) groups is 1. The Bertz CT molecular complexity index is 883. The molecule has 2 aromatic rings. The van der Waals surface area contributed by atoms with Crippen molar-refractivity contribution in [2.45, 2.75) is 12.2 Å². The summed E-state index contributed by atoms with van der Waals surface area (Å²) in [5, 5.41) is 1.46. The van der Waals surface area contributed by atoms with Crippen LogP contribution < -0.4 is 9.64 Å². The van der Waals surface area contributed by atoms with E-state index in [4.69, 9.17) is 49.0 Å². The Balaban J connectivity index is 1.55. The van der Waals surface area contributed by atoms with Gasteiger partial charge in [0.1, 0.15) is 12.4 Å². The van der Waals surface area contributed by atoms with E-state index in [1.54, 1.807) is 41.3 Å². The van der Waals surface area contributed by atoms with Gasteiger partial charge in [0.25, 0.3) is 11.7 Å². The average molecular weight is 429 g/mol. The SMILES string of the molecule is O=C1N(CCOc2ccc(Cl)cc2Cl)c2ccc(Cl)cc2C12OCCCO2. The van der Waals surface area contributed by atoms with E-state index in [-0.39, 0.29) is 12.5 Å². The first-order valence-electron chi connectivity index (χ1n) is 8.49. The number of ether oxygens (including phenoxy) is 3. The number of halogens is 3. The Kier molecular flexibility index (Phi) is 5.23. The Morgan fingerprint density at radius 1 is 1.04 bits per heavy atom. The van der Waals surface area contributed by atoms with Gasteiger partial charge in [-0.25, -0.2) is 0 Å². The molecule has 0 saturated carbocycles. The number of nitrogens with zero attached hydrogens (tertiary/aromatic N) is 1. The highest BCUT2D eigenvalue weighted by molar-refractivity contribution is 6.35. The van der Waals surface area contributed by atoms with Gasteiger partial charge in [0.05, 0.1) is 30.5 Å². The number of hydrogen-bond donors (Lipinski definition) is 0. The summed E-state index contributed by atoms with van der Waals surface area (Å²) in [5.41, 5.74) is 1.33. The van der Waals surface area contributed by atoms with Crippen LogP contribution in [0.3, 0.4) is 0 Å². The number of carbonyl (C=O) groups excluding carboxylic acids is 1. The van der Waals surface area contributed by atoms with Gasteiger partial charge in [-0.2, -0.15) is 0 Å². The standard InChI is InChI=1S/C19H16Cl3NO4/c20-12-2-4-16-14(10-12)19(26-7-1-8-27-19)18(24)23(16)6-9-25-17-5-3-13(21)11-15(17)22/h2-5,10-11H,1,6-9H2. The molecule has 4 rings (SSSR count). The number of hydrogen-bond acceptors (Lipinski definition) is 4. The minimum absolute atomic E-state index is 0.241. The summed E-state index contributed by atoms with van der Waals surface area (Å²) in [6, 6.07) is 10.2. The predicted octanol–water partition coefficient (Wildman–Crippen LogP) is 4.66. The molecule has 1 spiro atoms. The largest absolute Gasteiger partial charge is 0.490 e. The van der Waals surface area contributed by atoms with Crippen LogP contribution in [-0.2, 0) is 20.1 Å². The van der Waals surface area contributed by atoms with Gasteiger partial charge in [-0.05, 0) is 42.8 Å². The molecule has 142 valence electrons. The van der Waals surface area contributed by atoms with Gasteiger partial charge in [-0.3, -0.25) is 4.79 Å². The van der Waals surface area contributed by atoms with Gasteiger partial charge in [0, 0.05) is 15.6 Å². The summed E-state index contributed by atoms with van der Waals surface area (Å²) >= 11 is 18.2. The van der Waals surface area contributed by atoms with Gasteiger partial charge in [-0.15, -0.1) is 0 Å². The molecule has 1 fully saturated rings. The first-order valence-corrected chi connectivity index (χ1v) is 9.62. The molecule has 0 unspecified atom stereocenters. The summed E-state index contributed by atoms with van der Waals surface area (Å²) < 4.78 is 17.3. The summed E-state index contributed by atoms with van der Waals surface area (Å²) in [5.74, 6) is -1.19. The summed E-state index contributed by atoms with van der Waals surface area (Å²) in [4.78, 5) is 14.7. The summed E-state index contributed by atoms with van der Waals surface area (Å²) in [7, 11) is 0. The molecule has 2 aliphatic heterocycles. The zero-order valence-electron chi connectivity index (χ0n) is 14.2. The third-order valence-electron chi connectivity index (χ3n) is 4.50. The second-order valence-corrected chi connectivity index (χ2v) is 7.49. The third-order valence-corrected chi connectivity index (χ3v) is 5.26.